The lowest BCUT2D eigenvalue weighted by atomic mass is 9.93. The van der Waals surface area contributed by atoms with Crippen LogP contribution in [0.15, 0.2) is 11.5 Å². The molecule has 1 rings (SSSR count). The maximum absolute atomic E-state index is 9.28. The highest BCUT2D eigenvalue weighted by Crippen LogP contribution is 2.26. The van der Waals surface area contributed by atoms with E-state index in [0.717, 1.165) is 25.0 Å². The van der Waals surface area contributed by atoms with Crippen molar-refractivity contribution in [3.63, 3.8) is 0 Å². The average molecular weight is 227 g/mol. The number of hydrogen-bond donors (Lipinski definition) is 3. The average Bonchev–Trinajstić information content (AvgIpc) is 2.02. The molecular formula is C11H22BNOS. The van der Waals surface area contributed by atoms with Crippen LogP contribution in [0.1, 0.15) is 34.1 Å². The summed E-state index contributed by atoms with van der Waals surface area (Å²) in [7, 11) is 5.43. The Balaban J connectivity index is 0.000000262. The van der Waals surface area contributed by atoms with E-state index in [4.69, 9.17) is 7.85 Å². The first-order valence-electron chi connectivity index (χ1n) is 5.24. The van der Waals surface area contributed by atoms with Crippen LogP contribution in [0, 0.1) is 0 Å². The van der Waals surface area contributed by atoms with Gasteiger partial charge in [0.2, 0.25) is 0 Å². The second-order valence-electron chi connectivity index (χ2n) is 4.86. The number of hydrogen-bond acceptors (Lipinski definition) is 3. The SMILES string of the molecule is CC(C)(O)C(C)(C)S.[B]C1=CCCNC1. The van der Waals surface area contributed by atoms with Crippen LogP contribution in [-0.4, -0.2) is 36.4 Å². The van der Waals surface area contributed by atoms with Crippen molar-refractivity contribution in [2.75, 3.05) is 13.1 Å². The van der Waals surface area contributed by atoms with Crippen molar-refractivity contribution in [1.82, 2.24) is 5.32 Å². The molecular weight excluding hydrogens is 205 g/mol. The topological polar surface area (TPSA) is 32.3 Å². The number of thiol groups is 1. The molecule has 1 aliphatic heterocycles. The number of aliphatic hydroxyl groups is 1. The van der Waals surface area contributed by atoms with Crippen LogP contribution < -0.4 is 5.32 Å². The van der Waals surface area contributed by atoms with E-state index in [1.165, 1.54) is 0 Å². The lowest BCUT2D eigenvalue weighted by Gasteiger charge is -2.32. The molecule has 0 unspecified atom stereocenters. The van der Waals surface area contributed by atoms with E-state index in [-0.39, 0.29) is 4.75 Å². The molecule has 2 radical (unpaired) electrons. The Hall–Kier alpha value is 0.0749. The largest absolute Gasteiger partial charge is 0.389 e. The predicted octanol–water partition coefficient (Wildman–Crippen LogP) is 1.50. The third-order valence-electron chi connectivity index (χ3n) is 2.55. The van der Waals surface area contributed by atoms with Crippen molar-refractivity contribution >= 4 is 20.5 Å². The van der Waals surface area contributed by atoms with E-state index in [0.29, 0.717) is 0 Å². The molecule has 0 bridgehead atoms. The smallest absolute Gasteiger partial charge is 0.109 e. The summed E-state index contributed by atoms with van der Waals surface area (Å²) < 4.78 is -0.312. The summed E-state index contributed by atoms with van der Waals surface area (Å²) >= 11 is 4.19. The zero-order valence-corrected chi connectivity index (χ0v) is 11.1. The van der Waals surface area contributed by atoms with Crippen LogP contribution in [0.4, 0.5) is 0 Å². The first-order chi connectivity index (χ1) is 6.64. The van der Waals surface area contributed by atoms with Crippen LogP contribution >= 0.6 is 12.6 Å². The zero-order chi connectivity index (χ0) is 12.1. The van der Waals surface area contributed by atoms with Gasteiger partial charge in [-0.05, 0) is 40.7 Å². The van der Waals surface area contributed by atoms with Crippen LogP contribution in [-0.2, 0) is 0 Å². The molecule has 0 saturated carbocycles. The van der Waals surface area contributed by atoms with Gasteiger partial charge in [0.05, 0.1) is 5.60 Å². The van der Waals surface area contributed by atoms with Gasteiger partial charge in [0.1, 0.15) is 7.85 Å². The first-order valence-corrected chi connectivity index (χ1v) is 5.69. The predicted molar refractivity (Wildman–Crippen MR) is 70.7 cm³/mol. The lowest BCUT2D eigenvalue weighted by Crippen LogP contribution is -2.40. The van der Waals surface area contributed by atoms with Crippen molar-refractivity contribution in [2.45, 2.75) is 44.5 Å². The standard InChI is InChI=1S/C6H14OS.C5H8BN/c1-5(2,7)6(3,4)8;6-5-2-1-3-7-4-5/h7-8H,1-4H3;2,7H,1,3-4H2. The van der Waals surface area contributed by atoms with Crippen molar-refractivity contribution < 1.29 is 5.11 Å². The molecule has 1 aliphatic rings. The number of rotatable bonds is 1. The van der Waals surface area contributed by atoms with Gasteiger partial charge in [-0.2, -0.15) is 12.6 Å². The van der Waals surface area contributed by atoms with E-state index in [1.54, 1.807) is 13.8 Å². The van der Waals surface area contributed by atoms with Crippen LogP contribution in [0.25, 0.3) is 0 Å². The maximum atomic E-state index is 9.28. The summed E-state index contributed by atoms with van der Waals surface area (Å²) in [5.41, 5.74) is 0.280. The van der Waals surface area contributed by atoms with Crippen molar-refractivity contribution in [2.24, 2.45) is 0 Å². The van der Waals surface area contributed by atoms with Crippen molar-refractivity contribution in [1.29, 1.82) is 0 Å². The molecule has 15 heavy (non-hydrogen) atoms. The fourth-order valence-electron chi connectivity index (χ4n) is 0.665. The molecule has 0 fully saturated rings. The quantitative estimate of drug-likeness (QED) is 0.468. The monoisotopic (exact) mass is 227 g/mol. The summed E-state index contributed by atoms with van der Waals surface area (Å²) in [5, 5.41) is 12.4. The van der Waals surface area contributed by atoms with Gasteiger partial charge in [-0.25, -0.2) is 0 Å². The molecule has 0 saturated heterocycles. The van der Waals surface area contributed by atoms with Gasteiger partial charge in [0.25, 0.3) is 0 Å². The highest BCUT2D eigenvalue weighted by atomic mass is 32.1. The second-order valence-corrected chi connectivity index (χ2v) is 5.98. The van der Waals surface area contributed by atoms with E-state index in [9.17, 15) is 5.11 Å². The molecule has 0 aromatic heterocycles. The van der Waals surface area contributed by atoms with Crippen molar-refractivity contribution in [3.8, 4) is 0 Å². The van der Waals surface area contributed by atoms with E-state index in [1.807, 2.05) is 13.8 Å². The Morgan fingerprint density at radius 2 is 1.87 bits per heavy atom. The fourth-order valence-corrected chi connectivity index (χ4v) is 0.665. The molecule has 0 aromatic carbocycles. The van der Waals surface area contributed by atoms with Crippen LogP contribution in [0.5, 0.6) is 0 Å². The molecule has 0 aromatic rings. The van der Waals surface area contributed by atoms with Gasteiger partial charge < -0.3 is 10.4 Å². The van der Waals surface area contributed by atoms with Crippen LogP contribution in [0.2, 0.25) is 0 Å². The second kappa shape index (κ2) is 5.97. The van der Waals surface area contributed by atoms with E-state index in [2.05, 4.69) is 24.0 Å². The van der Waals surface area contributed by atoms with E-state index < -0.39 is 5.60 Å². The molecule has 4 heteroatoms. The minimum Gasteiger partial charge on any atom is -0.389 e. The van der Waals surface area contributed by atoms with Gasteiger partial charge in [0.15, 0.2) is 0 Å². The molecule has 0 aliphatic carbocycles. The summed E-state index contributed by atoms with van der Waals surface area (Å²) in [6, 6.07) is 0. The molecule has 2 N–H and O–H groups in total. The first kappa shape index (κ1) is 15.1. The molecule has 0 spiro atoms. The molecule has 86 valence electrons. The summed E-state index contributed by atoms with van der Waals surface area (Å²) in [6.45, 7) is 9.23. The minimum atomic E-state index is -0.698. The zero-order valence-electron chi connectivity index (χ0n) is 10.2. The normalized spacial score (nSPS) is 17.6. The molecule has 0 amide bonds. The third-order valence-corrected chi connectivity index (χ3v) is 3.10. The van der Waals surface area contributed by atoms with Crippen LogP contribution in [0.3, 0.4) is 0 Å². The summed E-state index contributed by atoms with van der Waals surface area (Å²) in [6.07, 6.45) is 3.16. The highest BCUT2D eigenvalue weighted by molar-refractivity contribution is 7.81. The van der Waals surface area contributed by atoms with Crippen molar-refractivity contribution in [3.05, 3.63) is 11.5 Å². The Morgan fingerprint density at radius 1 is 1.40 bits per heavy atom. The number of nitrogens with one attached hydrogen (secondary N) is 1. The Kier molecular flexibility index (Phi) is 6.00. The highest BCUT2D eigenvalue weighted by Gasteiger charge is 2.30. The third kappa shape index (κ3) is 7.04. The summed E-state index contributed by atoms with van der Waals surface area (Å²) in [5.74, 6) is 0. The Morgan fingerprint density at radius 3 is 2.00 bits per heavy atom. The lowest BCUT2D eigenvalue weighted by molar-refractivity contribution is 0.0500. The maximum Gasteiger partial charge on any atom is 0.109 e. The fraction of sp³-hybridized carbons (Fsp3) is 0.818. The molecule has 2 nitrogen and oxygen atoms in total. The van der Waals surface area contributed by atoms with Gasteiger partial charge in [-0.3, -0.25) is 0 Å². The van der Waals surface area contributed by atoms with Gasteiger partial charge in [-0.15, -0.1) is 5.47 Å². The van der Waals surface area contributed by atoms with Gasteiger partial charge in [-0.1, -0.05) is 6.08 Å². The van der Waals surface area contributed by atoms with E-state index >= 15 is 0 Å². The molecule has 1 heterocycles. The molecule has 0 atom stereocenters. The summed E-state index contributed by atoms with van der Waals surface area (Å²) in [4.78, 5) is 0. The Bertz CT molecular complexity index is 204. The Labute approximate surface area is 100 Å². The van der Waals surface area contributed by atoms with Gasteiger partial charge in [0, 0.05) is 11.3 Å². The minimum absolute atomic E-state index is 0.312. The van der Waals surface area contributed by atoms with Gasteiger partial charge >= 0.3 is 0 Å².